The Kier molecular flexibility index (Phi) is 3.85. The quantitative estimate of drug-likeness (QED) is 0.661. The van der Waals surface area contributed by atoms with Crippen LogP contribution in [-0.2, 0) is 23.4 Å². The van der Waals surface area contributed by atoms with Crippen LogP contribution in [0.2, 0.25) is 0 Å². The fourth-order valence-corrected chi connectivity index (χ4v) is 4.18. The lowest BCUT2D eigenvalue weighted by Crippen LogP contribution is -2.51. The lowest BCUT2D eigenvalue weighted by atomic mass is 9.95. The average Bonchev–Trinajstić information content (AvgIpc) is 3.37. The van der Waals surface area contributed by atoms with Crippen molar-refractivity contribution in [3.05, 3.63) is 59.1 Å². The van der Waals surface area contributed by atoms with Gasteiger partial charge in [0.2, 0.25) is 0 Å². The summed E-state index contributed by atoms with van der Waals surface area (Å²) in [4.78, 5) is 31.3. The van der Waals surface area contributed by atoms with Crippen LogP contribution in [0.4, 0.5) is 4.79 Å². The van der Waals surface area contributed by atoms with Gasteiger partial charge in [0.25, 0.3) is 5.91 Å². The maximum Gasteiger partial charge on any atom is 0.322 e. The lowest BCUT2D eigenvalue weighted by Gasteiger charge is -2.28. The summed E-state index contributed by atoms with van der Waals surface area (Å²) >= 11 is 0. The third-order valence-electron chi connectivity index (χ3n) is 5.63. The minimum Gasteiger partial charge on any atom is -0.497 e. The van der Waals surface area contributed by atoms with Crippen LogP contribution in [0.1, 0.15) is 22.5 Å². The summed E-state index contributed by atoms with van der Waals surface area (Å²) < 4.78 is 11.4. The van der Waals surface area contributed by atoms with Crippen LogP contribution in [0.25, 0.3) is 11.0 Å². The van der Waals surface area contributed by atoms with E-state index >= 15 is 0 Å². The summed E-state index contributed by atoms with van der Waals surface area (Å²) in [6.07, 6.45) is 3.40. The van der Waals surface area contributed by atoms with Gasteiger partial charge in [0.05, 0.1) is 7.11 Å². The minimum absolute atomic E-state index is 0.286. The van der Waals surface area contributed by atoms with Gasteiger partial charge in [0.15, 0.2) is 5.54 Å². The van der Waals surface area contributed by atoms with Gasteiger partial charge in [0, 0.05) is 43.0 Å². The molecule has 0 unspecified atom stereocenters. The second-order valence-corrected chi connectivity index (χ2v) is 7.58. The van der Waals surface area contributed by atoms with E-state index in [1.54, 1.807) is 25.6 Å². The number of furan rings is 1. The first-order valence-electron chi connectivity index (χ1n) is 9.35. The first-order valence-corrected chi connectivity index (χ1v) is 9.35. The van der Waals surface area contributed by atoms with Crippen LogP contribution in [0.3, 0.4) is 0 Å². The third-order valence-corrected chi connectivity index (χ3v) is 5.63. The number of fused-ring (bicyclic) bond motifs is 2. The number of aromatic nitrogens is 1. The van der Waals surface area contributed by atoms with E-state index in [0.29, 0.717) is 24.4 Å². The van der Waals surface area contributed by atoms with Crippen molar-refractivity contribution in [1.82, 2.24) is 20.5 Å². The molecule has 2 aliphatic rings. The molecule has 29 heavy (non-hydrogen) atoms. The molecule has 1 saturated heterocycles. The summed E-state index contributed by atoms with van der Waals surface area (Å²) in [6, 6.07) is 7.23. The first kappa shape index (κ1) is 17.7. The second-order valence-electron chi connectivity index (χ2n) is 7.58. The monoisotopic (exact) mass is 392 g/mol. The lowest BCUT2D eigenvalue weighted by molar-refractivity contribution is -0.125. The molecule has 1 fully saturated rings. The van der Waals surface area contributed by atoms with Crippen molar-refractivity contribution in [2.45, 2.75) is 25.6 Å². The van der Waals surface area contributed by atoms with Crippen LogP contribution >= 0.6 is 0 Å². The molecule has 3 amide bonds. The van der Waals surface area contributed by atoms with Gasteiger partial charge in [-0.3, -0.25) is 20.0 Å². The van der Waals surface area contributed by atoms with Crippen LogP contribution < -0.4 is 15.4 Å². The predicted octanol–water partition coefficient (Wildman–Crippen LogP) is 2.20. The van der Waals surface area contributed by atoms with Crippen molar-refractivity contribution in [3.63, 3.8) is 0 Å². The zero-order chi connectivity index (χ0) is 20.2. The number of aryl methyl sites for hydroxylation is 1. The number of amides is 3. The van der Waals surface area contributed by atoms with Gasteiger partial charge in [-0.1, -0.05) is 6.07 Å². The van der Waals surface area contributed by atoms with E-state index in [1.165, 1.54) is 5.56 Å². The van der Waals surface area contributed by atoms with E-state index in [4.69, 9.17) is 9.15 Å². The van der Waals surface area contributed by atoms with Gasteiger partial charge >= 0.3 is 6.03 Å². The van der Waals surface area contributed by atoms with Crippen molar-refractivity contribution >= 4 is 22.9 Å². The Morgan fingerprint density at radius 2 is 2.03 bits per heavy atom. The van der Waals surface area contributed by atoms with Gasteiger partial charge in [0.1, 0.15) is 17.1 Å². The van der Waals surface area contributed by atoms with Crippen LogP contribution in [0.15, 0.2) is 41.1 Å². The van der Waals surface area contributed by atoms with Gasteiger partial charge in [-0.25, -0.2) is 4.79 Å². The van der Waals surface area contributed by atoms with Crippen molar-refractivity contribution in [3.8, 4) is 5.75 Å². The molecule has 0 aliphatic carbocycles. The molecular weight excluding hydrogens is 372 g/mol. The fourth-order valence-electron chi connectivity index (χ4n) is 4.18. The SMILES string of the molecule is COc1ccc2c(c1)CN(C[C@@]1(c3cc4cncc(C)c4o3)NC(=O)NC1=O)C2. The smallest absolute Gasteiger partial charge is 0.322 e. The topological polar surface area (TPSA) is 96.7 Å². The number of imide groups is 1. The standard InChI is InChI=1S/C21H20N4O4/c1-12-7-22-8-14-6-17(29-18(12)14)21(19(26)23-20(27)24-21)11-25-9-13-3-4-16(28-2)5-15(13)10-25/h3-8H,9-11H2,1-2H3,(H2,23,24,26,27)/t21-/m0/s1. The summed E-state index contributed by atoms with van der Waals surface area (Å²) in [6.45, 7) is 3.50. The van der Waals surface area contributed by atoms with Crippen molar-refractivity contribution in [2.24, 2.45) is 0 Å². The van der Waals surface area contributed by atoms with Crippen molar-refractivity contribution < 1.29 is 18.7 Å². The van der Waals surface area contributed by atoms with E-state index in [9.17, 15) is 9.59 Å². The molecule has 0 bridgehead atoms. The summed E-state index contributed by atoms with van der Waals surface area (Å²) in [5.41, 5.74) is 2.56. The molecule has 2 aromatic heterocycles. The van der Waals surface area contributed by atoms with Gasteiger partial charge in [-0.15, -0.1) is 0 Å². The number of hydrogen-bond donors (Lipinski definition) is 2. The Balaban J connectivity index is 1.52. The Morgan fingerprint density at radius 3 is 2.76 bits per heavy atom. The molecule has 148 valence electrons. The van der Waals surface area contributed by atoms with E-state index in [1.807, 2.05) is 25.1 Å². The molecule has 3 aromatic rings. The van der Waals surface area contributed by atoms with Crippen molar-refractivity contribution in [2.75, 3.05) is 13.7 Å². The largest absolute Gasteiger partial charge is 0.497 e. The Bertz CT molecular complexity index is 1150. The molecule has 2 aliphatic heterocycles. The molecule has 0 radical (unpaired) electrons. The second kappa shape index (κ2) is 6.31. The summed E-state index contributed by atoms with van der Waals surface area (Å²) in [7, 11) is 1.64. The molecule has 0 spiro atoms. The van der Waals surface area contributed by atoms with Gasteiger partial charge in [-0.2, -0.15) is 0 Å². The maximum absolute atomic E-state index is 12.9. The number of nitrogens with zero attached hydrogens (tertiary/aromatic N) is 2. The molecule has 1 atom stereocenters. The third kappa shape index (κ3) is 2.75. The highest BCUT2D eigenvalue weighted by Gasteiger charge is 2.52. The zero-order valence-corrected chi connectivity index (χ0v) is 16.1. The summed E-state index contributed by atoms with van der Waals surface area (Å²) in [5.74, 6) is 0.786. The van der Waals surface area contributed by atoms with E-state index in [-0.39, 0.29) is 6.54 Å². The number of ether oxygens (including phenoxy) is 1. The first-order chi connectivity index (χ1) is 14.0. The Labute approximate surface area is 166 Å². The maximum atomic E-state index is 12.9. The van der Waals surface area contributed by atoms with E-state index < -0.39 is 17.5 Å². The molecule has 4 heterocycles. The highest BCUT2D eigenvalue weighted by atomic mass is 16.5. The van der Waals surface area contributed by atoms with E-state index in [2.05, 4.69) is 20.5 Å². The number of benzene rings is 1. The number of carbonyl (C=O) groups is 2. The van der Waals surface area contributed by atoms with Crippen molar-refractivity contribution in [1.29, 1.82) is 0 Å². The summed E-state index contributed by atoms with van der Waals surface area (Å²) in [5, 5.41) is 5.97. The molecule has 0 saturated carbocycles. The zero-order valence-electron chi connectivity index (χ0n) is 16.1. The van der Waals surface area contributed by atoms with Gasteiger partial charge < -0.3 is 14.5 Å². The fraction of sp³-hybridized carbons (Fsp3) is 0.286. The normalized spacial score (nSPS) is 21.3. The Hall–Kier alpha value is -3.39. The van der Waals surface area contributed by atoms with Gasteiger partial charge in [-0.05, 0) is 36.2 Å². The molecule has 5 rings (SSSR count). The average molecular weight is 392 g/mol. The minimum atomic E-state index is -1.30. The molecule has 2 N–H and O–H groups in total. The van der Waals surface area contributed by atoms with Crippen LogP contribution in [0.5, 0.6) is 5.75 Å². The predicted molar refractivity (Wildman–Crippen MR) is 104 cm³/mol. The van der Waals surface area contributed by atoms with E-state index in [0.717, 1.165) is 22.3 Å². The Morgan fingerprint density at radius 1 is 1.21 bits per heavy atom. The number of rotatable bonds is 4. The van der Waals surface area contributed by atoms with Crippen LogP contribution in [0, 0.1) is 6.92 Å². The number of pyridine rings is 1. The molecule has 8 nitrogen and oxygen atoms in total. The molecule has 8 heteroatoms. The van der Waals surface area contributed by atoms with Crippen LogP contribution in [-0.4, -0.2) is 35.5 Å². The highest BCUT2D eigenvalue weighted by molar-refractivity contribution is 6.07. The highest BCUT2D eigenvalue weighted by Crippen LogP contribution is 2.35. The number of urea groups is 1. The molecular formula is C21H20N4O4. The number of carbonyl (C=O) groups excluding carboxylic acids is 2. The number of nitrogens with one attached hydrogen (secondary N) is 2. The number of methoxy groups -OCH3 is 1. The number of hydrogen-bond acceptors (Lipinski definition) is 6. The molecule has 1 aromatic carbocycles.